The molecule has 0 aromatic rings. The van der Waals surface area contributed by atoms with Gasteiger partial charge in [-0.3, -0.25) is 9.68 Å². The first-order valence-electron chi connectivity index (χ1n) is 5.09. The Bertz CT molecular complexity index is 389. The summed E-state index contributed by atoms with van der Waals surface area (Å²) in [5.41, 5.74) is -0.399. The smallest absolute Gasteiger partial charge is 0.222 e. The largest absolute Gasteiger partial charge is 0.259 e. The first-order chi connectivity index (χ1) is 7.41. The van der Waals surface area contributed by atoms with E-state index in [-0.39, 0.29) is 0 Å². The van der Waals surface area contributed by atoms with Crippen molar-refractivity contribution in [3.05, 3.63) is 0 Å². The van der Waals surface area contributed by atoms with Gasteiger partial charge in [-0.1, -0.05) is 0 Å². The molecular weight excluding hydrogens is 246 g/mol. The van der Waals surface area contributed by atoms with E-state index in [0.29, 0.717) is 13.0 Å². The van der Waals surface area contributed by atoms with Crippen molar-refractivity contribution in [1.82, 2.24) is 10.1 Å². The third kappa shape index (κ3) is 1.29. The van der Waals surface area contributed by atoms with Gasteiger partial charge in [-0.2, -0.15) is 5.26 Å². The summed E-state index contributed by atoms with van der Waals surface area (Å²) in [6.45, 7) is 4.52. The molecule has 88 valence electrons. The number of hydrogen-bond donors (Lipinski definition) is 0. The molecule has 0 amide bonds. The molecule has 3 unspecified atom stereocenters. The number of fused-ring (bicyclic) bond motifs is 2. The molecule has 4 fully saturated rings. The van der Waals surface area contributed by atoms with Gasteiger partial charge in [0, 0.05) is 20.0 Å². The van der Waals surface area contributed by atoms with Gasteiger partial charge in [0.25, 0.3) is 0 Å². The maximum atomic E-state index is 9.21. The van der Waals surface area contributed by atoms with Crippen molar-refractivity contribution in [2.45, 2.75) is 30.4 Å². The van der Waals surface area contributed by atoms with Crippen LogP contribution in [0.3, 0.4) is 0 Å². The number of nitriles is 1. The molecule has 4 saturated heterocycles. The highest BCUT2D eigenvalue weighted by atomic mass is 33.1. The zero-order chi connectivity index (χ0) is 11.6. The Kier molecular flexibility index (Phi) is 2.14. The van der Waals surface area contributed by atoms with Gasteiger partial charge in [-0.05, 0) is 35.4 Å². The molecule has 4 aliphatic heterocycles. The lowest BCUT2D eigenvalue weighted by Gasteiger charge is -2.56. The Balaban J connectivity index is 1.96. The molecule has 0 radical (unpaired) electrons. The molecule has 4 rings (SSSR count). The van der Waals surface area contributed by atoms with Crippen molar-refractivity contribution in [2.24, 2.45) is 5.41 Å². The molecular formula is C9H13N3O2S2. The van der Waals surface area contributed by atoms with Gasteiger partial charge in [0.2, 0.25) is 10.1 Å². The summed E-state index contributed by atoms with van der Waals surface area (Å²) in [4.78, 5) is 11.8. The Hall–Kier alpha value is 0.0300. The zero-order valence-corrected chi connectivity index (χ0v) is 11.0. The summed E-state index contributed by atoms with van der Waals surface area (Å²) in [5.74, 6) is 0. The summed E-state index contributed by atoms with van der Waals surface area (Å²) < 4.78 is 0. The van der Waals surface area contributed by atoms with E-state index in [1.807, 2.05) is 26.0 Å². The van der Waals surface area contributed by atoms with E-state index in [1.165, 1.54) is 0 Å². The number of rotatable bonds is 0. The second kappa shape index (κ2) is 3.07. The van der Waals surface area contributed by atoms with Crippen molar-refractivity contribution in [1.29, 1.82) is 5.26 Å². The summed E-state index contributed by atoms with van der Waals surface area (Å²) in [7, 11) is 5.17. The van der Waals surface area contributed by atoms with Crippen LogP contribution in [0.1, 0.15) is 20.3 Å². The van der Waals surface area contributed by atoms with Crippen molar-refractivity contribution >= 4 is 21.6 Å². The van der Waals surface area contributed by atoms with E-state index in [1.54, 1.807) is 26.7 Å². The minimum Gasteiger partial charge on any atom is -0.259 e. The summed E-state index contributed by atoms with van der Waals surface area (Å²) >= 11 is 0. The lowest BCUT2D eigenvalue weighted by molar-refractivity contribution is -0.451. The van der Waals surface area contributed by atoms with Crippen LogP contribution in [0, 0.1) is 16.7 Å². The Morgan fingerprint density at radius 2 is 2.06 bits per heavy atom. The maximum absolute atomic E-state index is 9.21. The van der Waals surface area contributed by atoms with E-state index in [4.69, 9.17) is 9.68 Å². The van der Waals surface area contributed by atoms with Crippen LogP contribution in [0.15, 0.2) is 0 Å². The van der Waals surface area contributed by atoms with E-state index in [2.05, 4.69) is 6.07 Å². The quantitative estimate of drug-likeness (QED) is 0.614. The lowest BCUT2D eigenvalue weighted by atomic mass is 9.92. The first-order valence-corrected chi connectivity index (χ1v) is 7.24. The standard InChI is InChI=1S/C9H13N3O2S2/c1-7(5-10)4-9-12(6-7)13-8(2,15-16-9)11(3)14-9/h4,6H2,1-3H3. The number of nitrogens with zero attached hydrogens (tertiary/aromatic N) is 3. The lowest BCUT2D eigenvalue weighted by Crippen LogP contribution is -2.64. The molecule has 0 aromatic heterocycles. The Labute approximate surface area is 102 Å². The predicted molar refractivity (Wildman–Crippen MR) is 61.3 cm³/mol. The molecule has 3 atom stereocenters. The summed E-state index contributed by atoms with van der Waals surface area (Å²) in [6, 6.07) is 2.36. The monoisotopic (exact) mass is 259 g/mol. The van der Waals surface area contributed by atoms with Crippen molar-refractivity contribution in [2.75, 3.05) is 13.6 Å². The molecule has 0 N–H and O–H groups in total. The fourth-order valence-corrected chi connectivity index (χ4v) is 5.21. The zero-order valence-electron chi connectivity index (χ0n) is 9.39. The van der Waals surface area contributed by atoms with Crippen LogP contribution in [0.2, 0.25) is 0 Å². The van der Waals surface area contributed by atoms with Gasteiger partial charge < -0.3 is 0 Å². The summed E-state index contributed by atoms with van der Waals surface area (Å²) in [5, 5.41) is 11.8. The SMILES string of the molecule is CN1OC23CC(C)(C#N)CN2OC1(C)SS3. The maximum Gasteiger partial charge on any atom is 0.222 e. The van der Waals surface area contributed by atoms with Crippen LogP contribution in [0.5, 0.6) is 0 Å². The molecule has 2 bridgehead atoms. The highest BCUT2D eigenvalue weighted by Crippen LogP contribution is 2.64. The number of hydroxylamine groups is 4. The van der Waals surface area contributed by atoms with E-state index < -0.39 is 15.5 Å². The topological polar surface area (TPSA) is 48.7 Å². The van der Waals surface area contributed by atoms with Crippen LogP contribution in [0.4, 0.5) is 0 Å². The molecule has 16 heavy (non-hydrogen) atoms. The molecule has 5 nitrogen and oxygen atoms in total. The predicted octanol–water partition coefficient (Wildman–Crippen LogP) is 1.75. The van der Waals surface area contributed by atoms with Crippen LogP contribution in [-0.2, 0) is 9.68 Å². The molecule has 1 spiro atoms. The van der Waals surface area contributed by atoms with Gasteiger partial charge in [0.05, 0.1) is 11.5 Å². The van der Waals surface area contributed by atoms with Crippen molar-refractivity contribution < 1.29 is 9.68 Å². The van der Waals surface area contributed by atoms with Crippen LogP contribution in [0.25, 0.3) is 0 Å². The van der Waals surface area contributed by atoms with E-state index >= 15 is 0 Å². The first kappa shape index (κ1) is 11.1. The molecule has 0 saturated carbocycles. The van der Waals surface area contributed by atoms with Crippen molar-refractivity contribution in [3.8, 4) is 6.07 Å². The summed E-state index contributed by atoms with van der Waals surface area (Å²) in [6.07, 6.45) is 0.661. The average Bonchev–Trinajstić information content (AvgIpc) is 2.50. The second-order valence-electron chi connectivity index (χ2n) is 4.84. The fourth-order valence-electron chi connectivity index (χ4n) is 2.18. The fraction of sp³-hybridized carbons (Fsp3) is 0.889. The highest BCUT2D eigenvalue weighted by Gasteiger charge is 2.66. The van der Waals surface area contributed by atoms with Crippen molar-refractivity contribution in [3.63, 3.8) is 0 Å². The highest BCUT2D eigenvalue weighted by molar-refractivity contribution is 8.77. The minimum atomic E-state index is -0.526. The normalized spacial score (nSPS) is 52.6. The van der Waals surface area contributed by atoms with Gasteiger partial charge >= 0.3 is 0 Å². The second-order valence-corrected chi connectivity index (χ2v) is 7.57. The molecule has 4 aliphatic rings. The number of hydrogen-bond acceptors (Lipinski definition) is 7. The Morgan fingerprint density at radius 1 is 1.31 bits per heavy atom. The minimum absolute atomic E-state index is 0.399. The molecule has 4 heterocycles. The molecule has 0 aromatic carbocycles. The molecule has 7 heteroatoms. The average molecular weight is 259 g/mol. The van der Waals surface area contributed by atoms with E-state index in [9.17, 15) is 5.26 Å². The van der Waals surface area contributed by atoms with E-state index in [0.717, 1.165) is 0 Å². The Morgan fingerprint density at radius 3 is 2.69 bits per heavy atom. The van der Waals surface area contributed by atoms with Crippen LogP contribution < -0.4 is 0 Å². The third-order valence-electron chi connectivity index (χ3n) is 3.21. The van der Waals surface area contributed by atoms with Gasteiger partial charge in [-0.15, -0.1) is 10.1 Å². The van der Waals surface area contributed by atoms with Crippen LogP contribution >= 0.6 is 21.6 Å². The van der Waals surface area contributed by atoms with Gasteiger partial charge in [0.15, 0.2) is 0 Å². The van der Waals surface area contributed by atoms with Crippen LogP contribution in [-0.4, -0.2) is 33.8 Å². The van der Waals surface area contributed by atoms with Gasteiger partial charge in [-0.25, -0.2) is 0 Å². The molecule has 0 aliphatic carbocycles. The third-order valence-corrected chi connectivity index (χ3v) is 6.58. The van der Waals surface area contributed by atoms with Gasteiger partial charge in [0.1, 0.15) is 0 Å².